The Hall–Kier alpha value is -3.73. The first kappa shape index (κ1) is 15.5. The fourth-order valence-corrected chi connectivity index (χ4v) is 3.41. The smallest absolute Gasteiger partial charge is 0.265 e. The average Bonchev–Trinajstić information content (AvgIpc) is 3.05. The van der Waals surface area contributed by atoms with Crippen molar-refractivity contribution in [2.45, 2.75) is 6.92 Å². The normalized spacial score (nSPS) is 11.3. The summed E-state index contributed by atoms with van der Waals surface area (Å²) < 4.78 is 3.26. The van der Waals surface area contributed by atoms with Crippen molar-refractivity contribution in [3.8, 4) is 22.8 Å². The van der Waals surface area contributed by atoms with Crippen molar-refractivity contribution in [2.24, 2.45) is 0 Å². The van der Waals surface area contributed by atoms with Gasteiger partial charge < -0.3 is 0 Å². The molecule has 3 aromatic rings. The minimum Gasteiger partial charge on any atom is -0.265 e. The second-order valence-corrected chi connectivity index (χ2v) is 6.47. The van der Waals surface area contributed by atoms with Crippen molar-refractivity contribution < 1.29 is 0 Å². The lowest BCUT2D eigenvalue weighted by atomic mass is 10.1. The molecule has 0 saturated heterocycles. The summed E-state index contributed by atoms with van der Waals surface area (Å²) in [5.74, 6) is 0. The summed E-state index contributed by atoms with van der Waals surface area (Å²) in [4.78, 5) is 13.1. The van der Waals surface area contributed by atoms with Crippen LogP contribution in [0, 0.1) is 6.92 Å². The van der Waals surface area contributed by atoms with Crippen LogP contribution in [-0.4, -0.2) is 19.6 Å². The molecule has 130 valence electrons. The van der Waals surface area contributed by atoms with Gasteiger partial charge in [-0.2, -0.15) is 14.9 Å². The van der Waals surface area contributed by atoms with Crippen LogP contribution in [0.1, 0.15) is 5.56 Å². The van der Waals surface area contributed by atoms with Gasteiger partial charge >= 0.3 is 5.56 Å². The van der Waals surface area contributed by atoms with E-state index in [1.165, 1.54) is 4.68 Å². The second kappa shape index (κ2) is 5.92. The van der Waals surface area contributed by atoms with E-state index in [1.54, 1.807) is 0 Å². The highest BCUT2D eigenvalue weighted by molar-refractivity contribution is 5.93. The maximum absolute atomic E-state index is 13.1. The minimum absolute atomic E-state index is 0.218. The van der Waals surface area contributed by atoms with Gasteiger partial charge in [-0.05, 0) is 36.8 Å². The van der Waals surface area contributed by atoms with Crippen molar-refractivity contribution in [3.63, 3.8) is 0 Å². The molecule has 5 rings (SSSR count). The van der Waals surface area contributed by atoms with E-state index < -0.39 is 0 Å². The first-order valence-corrected chi connectivity index (χ1v) is 8.76. The van der Waals surface area contributed by atoms with E-state index in [0.717, 1.165) is 27.8 Å². The summed E-state index contributed by atoms with van der Waals surface area (Å²) in [5, 5.41) is 10.2. The third-order valence-electron chi connectivity index (χ3n) is 4.75. The van der Waals surface area contributed by atoms with Gasteiger partial charge in [0.15, 0.2) is 5.69 Å². The largest absolute Gasteiger partial charge is 0.301 e. The highest BCUT2D eigenvalue weighted by atomic mass is 16.1. The topological polar surface area (TPSA) is 52.7 Å². The summed E-state index contributed by atoms with van der Waals surface area (Å²) in [6.45, 7) is 2.04. The molecule has 0 amide bonds. The highest BCUT2D eigenvalue weighted by Crippen LogP contribution is 2.28. The van der Waals surface area contributed by atoms with Crippen LogP contribution in [0.5, 0.6) is 0 Å². The van der Waals surface area contributed by atoms with Crippen molar-refractivity contribution in [3.05, 3.63) is 94.8 Å². The number of hydrogen-bond donors (Lipinski definition) is 0. The van der Waals surface area contributed by atoms with Crippen LogP contribution in [0.3, 0.4) is 0 Å². The molecule has 3 aromatic carbocycles. The monoisotopic (exact) mass is 352 g/mol. The summed E-state index contributed by atoms with van der Waals surface area (Å²) in [5.41, 5.74) is 4.43. The molecular weight excluding hydrogens is 336 g/mol. The van der Waals surface area contributed by atoms with E-state index >= 15 is 0 Å². The van der Waals surface area contributed by atoms with Crippen molar-refractivity contribution in [1.29, 1.82) is 0 Å². The third-order valence-corrected chi connectivity index (χ3v) is 4.75. The lowest BCUT2D eigenvalue weighted by Gasteiger charge is -2.14. The molecule has 27 heavy (non-hydrogen) atoms. The van der Waals surface area contributed by atoms with Crippen LogP contribution in [-0.2, 0) is 0 Å². The van der Waals surface area contributed by atoms with Gasteiger partial charge in [0, 0.05) is 5.39 Å². The Morgan fingerprint density at radius 2 is 1.37 bits per heavy atom. The Bertz CT molecular complexity index is 1300. The molecule has 0 aliphatic carbocycles. The summed E-state index contributed by atoms with van der Waals surface area (Å²) in [6, 6.07) is 25.3. The molecule has 5 nitrogen and oxygen atoms in total. The molecule has 0 bridgehead atoms. The van der Waals surface area contributed by atoms with Crippen LogP contribution in [0.2, 0.25) is 0 Å². The molecule has 0 aromatic heterocycles. The third kappa shape index (κ3) is 2.36. The summed E-state index contributed by atoms with van der Waals surface area (Å²) >= 11 is 0. The molecular formula is C22H16N4O. The van der Waals surface area contributed by atoms with Gasteiger partial charge in [0.05, 0.1) is 16.9 Å². The van der Waals surface area contributed by atoms with E-state index in [2.05, 4.69) is 5.10 Å². The average molecular weight is 352 g/mol. The Balaban J connectivity index is 1.90. The number of para-hydroxylation sites is 3. The van der Waals surface area contributed by atoms with Gasteiger partial charge in [0.2, 0.25) is 0 Å². The van der Waals surface area contributed by atoms with Gasteiger partial charge in [-0.1, -0.05) is 54.6 Å². The van der Waals surface area contributed by atoms with E-state index in [0.29, 0.717) is 11.4 Å². The molecule has 0 saturated carbocycles. The van der Waals surface area contributed by atoms with Gasteiger partial charge in [-0.15, -0.1) is 0 Å². The van der Waals surface area contributed by atoms with Crippen LogP contribution < -0.4 is 5.56 Å². The molecule has 2 aliphatic rings. The number of aryl methyl sites for hydroxylation is 1. The molecule has 0 atom stereocenters. The molecule has 5 heteroatoms. The van der Waals surface area contributed by atoms with Gasteiger partial charge in [0.25, 0.3) is 0 Å². The second-order valence-electron chi connectivity index (χ2n) is 6.47. The van der Waals surface area contributed by atoms with Crippen LogP contribution in [0.15, 0.2) is 83.7 Å². The van der Waals surface area contributed by atoms with Gasteiger partial charge in [0.1, 0.15) is 5.69 Å². The summed E-state index contributed by atoms with van der Waals surface area (Å²) in [6.07, 6.45) is 0. The Kier molecular flexibility index (Phi) is 3.40. The fourth-order valence-electron chi connectivity index (χ4n) is 3.41. The first-order chi connectivity index (χ1) is 13.2. The Morgan fingerprint density at radius 1 is 0.704 bits per heavy atom. The maximum Gasteiger partial charge on any atom is 0.301 e. The van der Waals surface area contributed by atoms with E-state index in [9.17, 15) is 4.79 Å². The zero-order chi connectivity index (χ0) is 18.4. The Morgan fingerprint density at radius 3 is 2.19 bits per heavy atom. The zero-order valence-electron chi connectivity index (χ0n) is 14.7. The van der Waals surface area contributed by atoms with E-state index in [-0.39, 0.29) is 5.56 Å². The lowest BCUT2D eigenvalue weighted by molar-refractivity contribution is 0.855. The molecule has 0 spiro atoms. The number of fused-ring (bicyclic) bond motifs is 3. The molecule has 2 heterocycles. The standard InChI is InChI=1S/C22H16N4O/c1-15-9-5-7-13-18(15)26-19-14-8-6-12-17(19)20-21(24-26)22(27)25(23-20)16-10-3-2-4-11-16/h2-14H,1H3. The number of benzene rings is 3. The van der Waals surface area contributed by atoms with Crippen LogP contribution in [0.4, 0.5) is 0 Å². The molecule has 0 fully saturated rings. The molecule has 0 unspecified atom stereocenters. The number of hydrogen-bond acceptors (Lipinski definition) is 3. The lowest BCUT2D eigenvalue weighted by Crippen LogP contribution is -2.17. The highest BCUT2D eigenvalue weighted by Gasteiger charge is 2.23. The summed E-state index contributed by atoms with van der Waals surface area (Å²) in [7, 11) is 0. The van der Waals surface area contributed by atoms with Crippen LogP contribution >= 0.6 is 0 Å². The minimum atomic E-state index is -0.218. The van der Waals surface area contributed by atoms with Crippen molar-refractivity contribution in [1.82, 2.24) is 19.6 Å². The fraction of sp³-hybridized carbons (Fsp3) is 0.0455. The van der Waals surface area contributed by atoms with Crippen molar-refractivity contribution >= 4 is 10.9 Å². The van der Waals surface area contributed by atoms with Gasteiger partial charge in [-0.25, -0.2) is 4.68 Å². The zero-order valence-corrected chi connectivity index (χ0v) is 14.7. The van der Waals surface area contributed by atoms with Gasteiger partial charge in [-0.3, -0.25) is 4.79 Å². The molecule has 2 aliphatic heterocycles. The Labute approximate surface area is 155 Å². The quantitative estimate of drug-likeness (QED) is 0.483. The number of rotatable bonds is 2. The molecule has 0 N–H and O–H groups in total. The van der Waals surface area contributed by atoms with Crippen LogP contribution in [0.25, 0.3) is 33.7 Å². The predicted octanol–water partition coefficient (Wildman–Crippen LogP) is 3.98. The maximum atomic E-state index is 13.1. The van der Waals surface area contributed by atoms with E-state index in [4.69, 9.17) is 5.10 Å². The molecule has 0 radical (unpaired) electrons. The van der Waals surface area contributed by atoms with E-state index in [1.807, 2.05) is 90.5 Å². The first-order valence-electron chi connectivity index (χ1n) is 8.76. The SMILES string of the molecule is Cc1ccccc1-n1nc2c(=O)n(-c3ccccc3)nc-2c2ccccc21. The predicted molar refractivity (Wildman–Crippen MR) is 106 cm³/mol. The number of aromatic nitrogens is 4. The van der Waals surface area contributed by atoms with Crippen molar-refractivity contribution in [2.75, 3.05) is 0 Å². The number of nitrogens with zero attached hydrogens (tertiary/aromatic N) is 4.